The molecule has 0 saturated carbocycles. The number of hydrogen-bond donors (Lipinski definition) is 2. The van der Waals surface area contributed by atoms with Gasteiger partial charge in [0.05, 0.1) is 29.5 Å². The van der Waals surface area contributed by atoms with Crippen LogP contribution in [0.3, 0.4) is 0 Å². The highest BCUT2D eigenvalue weighted by atomic mass is 35.5. The number of anilines is 2. The number of halogens is 1. The molecule has 0 atom stereocenters. The van der Waals surface area contributed by atoms with Crippen molar-refractivity contribution in [1.82, 2.24) is 19.5 Å². The van der Waals surface area contributed by atoms with Crippen molar-refractivity contribution in [2.24, 2.45) is 0 Å². The standard InChI is InChI=1S/C19H16ClN5.C2H6.CH4O/c1-12-11-25(13(2)23-12)19-6-4-16(9-22-19)24-18-10-21-8-14-7-15(20)3-5-17(14)18;2*1-2/h3-11,24H,1-2H3;1-2H3;2H,1H3. The molecule has 0 saturated heterocycles. The van der Waals surface area contributed by atoms with Crippen LogP contribution in [0.15, 0.2) is 55.1 Å². The van der Waals surface area contributed by atoms with E-state index in [0.717, 1.165) is 46.6 Å². The molecule has 0 aliphatic rings. The van der Waals surface area contributed by atoms with Crippen molar-refractivity contribution >= 4 is 33.7 Å². The number of aromatic nitrogens is 4. The third-order valence-electron chi connectivity index (χ3n) is 4.00. The van der Waals surface area contributed by atoms with Gasteiger partial charge in [0.25, 0.3) is 0 Å². The van der Waals surface area contributed by atoms with Crippen LogP contribution in [0.25, 0.3) is 16.6 Å². The number of pyridine rings is 2. The molecule has 152 valence electrons. The number of aliphatic hydroxyl groups is 1. The van der Waals surface area contributed by atoms with Gasteiger partial charge in [0.15, 0.2) is 0 Å². The highest BCUT2D eigenvalue weighted by Crippen LogP contribution is 2.27. The van der Waals surface area contributed by atoms with Crippen LogP contribution < -0.4 is 5.32 Å². The molecular weight excluding hydrogens is 386 g/mol. The second-order valence-corrected chi connectivity index (χ2v) is 6.32. The van der Waals surface area contributed by atoms with Crippen molar-refractivity contribution in [3.63, 3.8) is 0 Å². The van der Waals surface area contributed by atoms with E-state index in [1.165, 1.54) is 0 Å². The largest absolute Gasteiger partial charge is 0.400 e. The zero-order valence-corrected chi connectivity index (χ0v) is 18.1. The van der Waals surface area contributed by atoms with Crippen LogP contribution in [0.1, 0.15) is 25.4 Å². The maximum Gasteiger partial charge on any atom is 0.138 e. The minimum Gasteiger partial charge on any atom is -0.400 e. The van der Waals surface area contributed by atoms with E-state index in [4.69, 9.17) is 16.7 Å². The number of nitrogens with zero attached hydrogens (tertiary/aromatic N) is 4. The van der Waals surface area contributed by atoms with Gasteiger partial charge in [-0.3, -0.25) is 9.55 Å². The highest BCUT2D eigenvalue weighted by molar-refractivity contribution is 6.31. The predicted octanol–water partition coefficient (Wildman–Crippen LogP) is 5.46. The lowest BCUT2D eigenvalue weighted by Crippen LogP contribution is -1.99. The van der Waals surface area contributed by atoms with Crippen molar-refractivity contribution < 1.29 is 5.11 Å². The molecule has 0 aliphatic carbocycles. The van der Waals surface area contributed by atoms with E-state index in [-0.39, 0.29) is 0 Å². The molecule has 0 aliphatic heterocycles. The second kappa shape index (κ2) is 10.5. The Morgan fingerprint density at radius 3 is 2.38 bits per heavy atom. The summed E-state index contributed by atoms with van der Waals surface area (Å²) in [6.07, 6.45) is 7.38. The lowest BCUT2D eigenvalue weighted by Gasteiger charge is -2.10. The van der Waals surface area contributed by atoms with Gasteiger partial charge in [0.2, 0.25) is 0 Å². The Morgan fingerprint density at radius 2 is 1.76 bits per heavy atom. The number of aryl methyl sites for hydroxylation is 2. The minimum absolute atomic E-state index is 0.698. The smallest absolute Gasteiger partial charge is 0.138 e. The second-order valence-electron chi connectivity index (χ2n) is 5.88. The zero-order chi connectivity index (χ0) is 21.4. The quantitative estimate of drug-likeness (QED) is 0.467. The van der Waals surface area contributed by atoms with Gasteiger partial charge in [0.1, 0.15) is 11.6 Å². The number of rotatable bonds is 3. The molecular formula is C22H26ClN5O. The first kappa shape index (κ1) is 22.3. The van der Waals surface area contributed by atoms with Gasteiger partial charge in [-0.25, -0.2) is 9.97 Å². The molecule has 3 aromatic heterocycles. The van der Waals surface area contributed by atoms with Crippen LogP contribution in [-0.4, -0.2) is 31.7 Å². The number of aliphatic hydroxyl groups excluding tert-OH is 1. The number of fused-ring (bicyclic) bond motifs is 1. The van der Waals surface area contributed by atoms with Gasteiger partial charge in [-0.05, 0) is 38.1 Å². The van der Waals surface area contributed by atoms with E-state index in [1.807, 2.05) is 68.8 Å². The average molecular weight is 412 g/mol. The Morgan fingerprint density at radius 1 is 1.00 bits per heavy atom. The molecule has 2 N–H and O–H groups in total. The third-order valence-corrected chi connectivity index (χ3v) is 4.23. The molecule has 29 heavy (non-hydrogen) atoms. The van der Waals surface area contributed by atoms with Crippen LogP contribution in [0.5, 0.6) is 0 Å². The maximum atomic E-state index is 7.00. The van der Waals surface area contributed by atoms with Crippen molar-refractivity contribution in [2.75, 3.05) is 12.4 Å². The third kappa shape index (κ3) is 5.31. The molecule has 4 aromatic rings. The molecule has 6 nitrogen and oxygen atoms in total. The summed E-state index contributed by atoms with van der Waals surface area (Å²) in [6.45, 7) is 7.94. The van der Waals surface area contributed by atoms with Crippen LogP contribution in [0.2, 0.25) is 5.02 Å². The summed E-state index contributed by atoms with van der Waals surface area (Å²) in [5.41, 5.74) is 2.78. The number of benzene rings is 1. The Balaban J connectivity index is 0.000000707. The lowest BCUT2D eigenvalue weighted by atomic mass is 10.1. The summed E-state index contributed by atoms with van der Waals surface area (Å²) < 4.78 is 1.97. The minimum atomic E-state index is 0.698. The Bertz CT molecular complexity index is 1060. The molecule has 0 fully saturated rings. The summed E-state index contributed by atoms with van der Waals surface area (Å²) in [7, 11) is 1.00. The van der Waals surface area contributed by atoms with Gasteiger partial charge in [-0.1, -0.05) is 31.5 Å². The van der Waals surface area contributed by atoms with Crippen LogP contribution in [-0.2, 0) is 0 Å². The van der Waals surface area contributed by atoms with E-state index in [2.05, 4.69) is 20.3 Å². The average Bonchev–Trinajstić information content (AvgIpc) is 3.09. The van der Waals surface area contributed by atoms with Crippen LogP contribution >= 0.6 is 11.6 Å². The Kier molecular flexibility index (Phi) is 8.12. The molecule has 1 aromatic carbocycles. The van der Waals surface area contributed by atoms with Crippen molar-refractivity contribution in [3.8, 4) is 5.82 Å². The Hall–Kier alpha value is -2.96. The first-order valence-electron chi connectivity index (χ1n) is 9.34. The van der Waals surface area contributed by atoms with Gasteiger partial charge >= 0.3 is 0 Å². The van der Waals surface area contributed by atoms with E-state index >= 15 is 0 Å². The van der Waals surface area contributed by atoms with E-state index in [1.54, 1.807) is 18.6 Å². The van der Waals surface area contributed by atoms with Gasteiger partial charge in [-0.2, -0.15) is 0 Å². The first-order chi connectivity index (χ1) is 14.1. The summed E-state index contributed by atoms with van der Waals surface area (Å²) in [6, 6.07) is 9.72. The normalized spacial score (nSPS) is 9.90. The fourth-order valence-electron chi connectivity index (χ4n) is 2.86. The van der Waals surface area contributed by atoms with Crippen molar-refractivity contribution in [3.05, 3.63) is 71.7 Å². The zero-order valence-electron chi connectivity index (χ0n) is 17.3. The van der Waals surface area contributed by atoms with Gasteiger partial charge < -0.3 is 10.4 Å². The van der Waals surface area contributed by atoms with Crippen LogP contribution in [0, 0.1) is 13.8 Å². The summed E-state index contributed by atoms with van der Waals surface area (Å²) in [4.78, 5) is 13.2. The molecule has 7 heteroatoms. The SMILES string of the molecule is CC.CO.Cc1cn(-c2ccc(Nc3cncc4cc(Cl)ccc34)cn2)c(C)n1. The van der Waals surface area contributed by atoms with Gasteiger partial charge in [-0.15, -0.1) is 0 Å². The Labute approximate surface area is 176 Å². The van der Waals surface area contributed by atoms with Crippen LogP contribution in [0.4, 0.5) is 11.4 Å². The molecule has 3 heterocycles. The van der Waals surface area contributed by atoms with E-state index in [0.29, 0.717) is 5.02 Å². The number of imidazole rings is 1. The molecule has 0 bridgehead atoms. The predicted molar refractivity (Wildman–Crippen MR) is 120 cm³/mol. The molecule has 4 rings (SSSR count). The molecule has 0 spiro atoms. The lowest BCUT2D eigenvalue weighted by molar-refractivity contribution is 0.399. The van der Waals surface area contributed by atoms with Gasteiger partial charge in [0, 0.05) is 35.3 Å². The monoisotopic (exact) mass is 411 g/mol. The van der Waals surface area contributed by atoms with E-state index in [9.17, 15) is 0 Å². The first-order valence-corrected chi connectivity index (χ1v) is 9.72. The summed E-state index contributed by atoms with van der Waals surface area (Å²) in [5, 5.41) is 13.1. The molecule has 0 unspecified atom stereocenters. The highest BCUT2D eigenvalue weighted by Gasteiger charge is 2.06. The molecule has 0 radical (unpaired) electrons. The number of nitrogens with one attached hydrogen (secondary N) is 1. The number of hydrogen-bond acceptors (Lipinski definition) is 5. The molecule has 0 amide bonds. The summed E-state index contributed by atoms with van der Waals surface area (Å²) in [5.74, 6) is 1.76. The fourth-order valence-corrected chi connectivity index (χ4v) is 3.04. The van der Waals surface area contributed by atoms with Crippen molar-refractivity contribution in [2.45, 2.75) is 27.7 Å². The fraction of sp³-hybridized carbons (Fsp3) is 0.227. The summed E-state index contributed by atoms with van der Waals surface area (Å²) >= 11 is 6.06. The topological polar surface area (TPSA) is 75.9 Å². The maximum absolute atomic E-state index is 7.00. The van der Waals surface area contributed by atoms with Crippen molar-refractivity contribution in [1.29, 1.82) is 0 Å². The van der Waals surface area contributed by atoms with E-state index < -0.39 is 0 Å².